The van der Waals surface area contributed by atoms with Gasteiger partial charge in [0.25, 0.3) is 0 Å². The highest BCUT2D eigenvalue weighted by Crippen LogP contribution is 2.29. The van der Waals surface area contributed by atoms with Crippen molar-refractivity contribution < 1.29 is 0 Å². The first-order valence-electron chi connectivity index (χ1n) is 6.46. The van der Waals surface area contributed by atoms with Crippen molar-refractivity contribution in [3.05, 3.63) is 41.4 Å². The molecule has 2 aromatic heterocycles. The lowest BCUT2D eigenvalue weighted by atomic mass is 10.2. The van der Waals surface area contributed by atoms with Crippen molar-refractivity contribution in [2.24, 2.45) is 0 Å². The first-order valence-corrected chi connectivity index (χ1v) is 6.84. The van der Waals surface area contributed by atoms with Crippen LogP contribution in [0.4, 0.5) is 5.82 Å². The molecule has 3 aromatic rings. The number of nitrogens with two attached hydrogens (primary N) is 1. The number of benzene rings is 1. The third kappa shape index (κ3) is 2.12. The Morgan fingerprint density at radius 3 is 2.65 bits per heavy atom. The lowest BCUT2D eigenvalue weighted by Crippen LogP contribution is -2.04. The second-order valence-corrected chi connectivity index (χ2v) is 5.42. The topological polar surface area (TPSA) is 56.7 Å². The van der Waals surface area contributed by atoms with Crippen LogP contribution in [0.15, 0.2) is 36.4 Å². The van der Waals surface area contributed by atoms with Crippen molar-refractivity contribution in [1.82, 2.24) is 14.5 Å². The van der Waals surface area contributed by atoms with Crippen LogP contribution in [0.2, 0.25) is 5.02 Å². The summed E-state index contributed by atoms with van der Waals surface area (Å²) >= 11 is 6.05. The largest absolute Gasteiger partial charge is 0.384 e. The molecule has 0 fully saturated rings. The van der Waals surface area contributed by atoms with Crippen LogP contribution in [0.3, 0.4) is 0 Å². The van der Waals surface area contributed by atoms with Crippen molar-refractivity contribution in [3.8, 4) is 11.5 Å². The molecule has 0 aliphatic carbocycles. The van der Waals surface area contributed by atoms with Crippen LogP contribution in [0.1, 0.15) is 19.9 Å². The monoisotopic (exact) mass is 286 g/mol. The number of pyridine rings is 1. The zero-order chi connectivity index (χ0) is 14.3. The van der Waals surface area contributed by atoms with E-state index in [2.05, 4.69) is 28.4 Å². The van der Waals surface area contributed by atoms with E-state index in [-0.39, 0.29) is 6.04 Å². The minimum atomic E-state index is 0.263. The van der Waals surface area contributed by atoms with Crippen molar-refractivity contribution in [2.75, 3.05) is 5.73 Å². The lowest BCUT2D eigenvalue weighted by molar-refractivity contribution is 0.623. The zero-order valence-electron chi connectivity index (χ0n) is 11.3. The van der Waals surface area contributed by atoms with E-state index >= 15 is 0 Å². The van der Waals surface area contributed by atoms with Crippen molar-refractivity contribution in [2.45, 2.75) is 19.9 Å². The third-order valence-electron chi connectivity index (χ3n) is 3.17. The van der Waals surface area contributed by atoms with Gasteiger partial charge in [-0.1, -0.05) is 17.7 Å². The highest BCUT2D eigenvalue weighted by molar-refractivity contribution is 6.31. The summed E-state index contributed by atoms with van der Waals surface area (Å²) in [5.41, 5.74) is 8.45. The summed E-state index contributed by atoms with van der Waals surface area (Å²) in [7, 11) is 0. The summed E-state index contributed by atoms with van der Waals surface area (Å²) in [6, 6.07) is 11.6. The fourth-order valence-electron chi connectivity index (χ4n) is 2.35. The summed E-state index contributed by atoms with van der Waals surface area (Å²) < 4.78 is 2.15. The number of anilines is 1. The fraction of sp³-hybridized carbons (Fsp3) is 0.200. The summed E-state index contributed by atoms with van der Waals surface area (Å²) in [4.78, 5) is 9.03. The van der Waals surface area contributed by atoms with Gasteiger partial charge in [-0.25, -0.2) is 9.97 Å². The molecule has 0 saturated heterocycles. The maximum absolute atomic E-state index is 6.05. The molecule has 0 saturated carbocycles. The number of hydrogen-bond acceptors (Lipinski definition) is 3. The average Bonchev–Trinajstić information content (AvgIpc) is 2.77. The van der Waals surface area contributed by atoms with Gasteiger partial charge in [0.2, 0.25) is 0 Å². The average molecular weight is 287 g/mol. The molecule has 2 N–H and O–H groups in total. The van der Waals surface area contributed by atoms with Gasteiger partial charge < -0.3 is 10.3 Å². The molecule has 0 radical (unpaired) electrons. The Balaban J connectivity index is 2.32. The van der Waals surface area contributed by atoms with E-state index in [0.29, 0.717) is 10.8 Å². The number of imidazole rings is 1. The van der Waals surface area contributed by atoms with Gasteiger partial charge >= 0.3 is 0 Å². The summed E-state index contributed by atoms with van der Waals surface area (Å²) in [6.45, 7) is 4.23. The first-order chi connectivity index (χ1) is 9.56. The van der Waals surface area contributed by atoms with Gasteiger partial charge in [-0.2, -0.15) is 0 Å². The maximum atomic E-state index is 6.05. The number of rotatable bonds is 2. The molecule has 4 nitrogen and oxygen atoms in total. The smallest absolute Gasteiger partial charge is 0.160 e. The predicted octanol–water partition coefficient (Wildman–Crippen LogP) is 3.91. The van der Waals surface area contributed by atoms with Crippen molar-refractivity contribution in [1.29, 1.82) is 0 Å². The Morgan fingerprint density at radius 2 is 1.95 bits per heavy atom. The Hall–Kier alpha value is -2.07. The number of hydrogen-bond donors (Lipinski definition) is 1. The molecule has 0 bridgehead atoms. The second-order valence-electron chi connectivity index (χ2n) is 4.98. The lowest BCUT2D eigenvalue weighted by Gasteiger charge is -2.12. The molecule has 3 rings (SSSR count). The van der Waals surface area contributed by atoms with E-state index < -0.39 is 0 Å². The second kappa shape index (κ2) is 4.80. The standard InChI is InChI=1S/C15H15ClN4/c1-9(2)20-13-7-6-10(16)8-12(13)19-15(20)11-4-3-5-14(17)18-11/h3-9H,1-2H3,(H2,17,18). The van der Waals surface area contributed by atoms with Gasteiger partial charge in [0.15, 0.2) is 5.82 Å². The molecule has 0 spiro atoms. The third-order valence-corrected chi connectivity index (χ3v) is 3.40. The molecule has 2 heterocycles. The number of nitrogens with zero attached hydrogens (tertiary/aromatic N) is 3. The van der Waals surface area contributed by atoms with E-state index in [4.69, 9.17) is 17.3 Å². The quantitative estimate of drug-likeness (QED) is 0.777. The molecule has 5 heteroatoms. The van der Waals surface area contributed by atoms with Gasteiger partial charge in [0.05, 0.1) is 11.0 Å². The molecular weight excluding hydrogens is 272 g/mol. The van der Waals surface area contributed by atoms with Crippen LogP contribution in [-0.4, -0.2) is 14.5 Å². The number of fused-ring (bicyclic) bond motifs is 1. The van der Waals surface area contributed by atoms with E-state index in [1.165, 1.54) is 0 Å². The molecule has 0 aliphatic rings. The van der Waals surface area contributed by atoms with Crippen LogP contribution in [0.25, 0.3) is 22.6 Å². The van der Waals surface area contributed by atoms with Crippen LogP contribution in [0.5, 0.6) is 0 Å². The predicted molar refractivity (Wildman–Crippen MR) is 82.8 cm³/mol. The van der Waals surface area contributed by atoms with Crippen molar-refractivity contribution >= 4 is 28.5 Å². The summed E-state index contributed by atoms with van der Waals surface area (Å²) in [5.74, 6) is 1.30. The molecule has 0 aliphatic heterocycles. The van der Waals surface area contributed by atoms with Gasteiger partial charge in [0.1, 0.15) is 11.5 Å². The molecule has 0 atom stereocenters. The Kier molecular flexibility index (Phi) is 3.10. The van der Waals surface area contributed by atoms with Crippen LogP contribution in [0, 0.1) is 0 Å². The molecule has 20 heavy (non-hydrogen) atoms. The first kappa shape index (κ1) is 12.9. The molecular formula is C15H15ClN4. The fourth-order valence-corrected chi connectivity index (χ4v) is 2.52. The Morgan fingerprint density at radius 1 is 1.15 bits per heavy atom. The zero-order valence-corrected chi connectivity index (χ0v) is 12.1. The van der Waals surface area contributed by atoms with E-state index in [1.807, 2.05) is 30.3 Å². The van der Waals surface area contributed by atoms with Crippen LogP contribution >= 0.6 is 11.6 Å². The van der Waals surface area contributed by atoms with Gasteiger partial charge in [-0.3, -0.25) is 0 Å². The summed E-state index contributed by atoms with van der Waals surface area (Å²) in [5, 5.41) is 0.679. The highest BCUT2D eigenvalue weighted by Gasteiger charge is 2.16. The van der Waals surface area contributed by atoms with Gasteiger partial charge in [-0.05, 0) is 44.2 Å². The Bertz CT molecular complexity index is 777. The van der Waals surface area contributed by atoms with E-state index in [0.717, 1.165) is 22.6 Å². The molecule has 1 aromatic carbocycles. The number of halogens is 1. The minimum Gasteiger partial charge on any atom is -0.384 e. The van der Waals surface area contributed by atoms with Gasteiger partial charge in [0, 0.05) is 11.1 Å². The minimum absolute atomic E-state index is 0.263. The molecule has 102 valence electrons. The van der Waals surface area contributed by atoms with Crippen LogP contribution in [-0.2, 0) is 0 Å². The van der Waals surface area contributed by atoms with E-state index in [1.54, 1.807) is 6.07 Å². The van der Waals surface area contributed by atoms with E-state index in [9.17, 15) is 0 Å². The number of aromatic nitrogens is 3. The SMILES string of the molecule is CC(C)n1c(-c2cccc(N)n2)nc2cc(Cl)ccc21. The summed E-state index contributed by atoms with van der Waals surface area (Å²) in [6.07, 6.45) is 0. The van der Waals surface area contributed by atoms with Crippen LogP contribution < -0.4 is 5.73 Å². The molecule has 0 unspecified atom stereocenters. The maximum Gasteiger partial charge on any atom is 0.160 e. The number of nitrogen functional groups attached to an aromatic ring is 1. The van der Waals surface area contributed by atoms with Gasteiger partial charge in [-0.15, -0.1) is 0 Å². The van der Waals surface area contributed by atoms with Crippen molar-refractivity contribution in [3.63, 3.8) is 0 Å². The Labute approximate surface area is 122 Å². The normalized spacial score (nSPS) is 11.4. The molecule has 0 amide bonds. The highest BCUT2D eigenvalue weighted by atomic mass is 35.5.